The normalized spacial score (nSPS) is 14.8. The van der Waals surface area contributed by atoms with Gasteiger partial charge < -0.3 is 9.53 Å². The maximum atomic E-state index is 10.1. The third-order valence-electron chi connectivity index (χ3n) is 4.80. The highest BCUT2D eigenvalue weighted by Crippen LogP contribution is 2.37. The van der Waals surface area contributed by atoms with Crippen LogP contribution < -0.4 is 10.4 Å². The van der Waals surface area contributed by atoms with E-state index in [1.165, 1.54) is 10.4 Å². The van der Waals surface area contributed by atoms with Crippen LogP contribution in [0.1, 0.15) is 27.7 Å². The van der Waals surface area contributed by atoms with Crippen LogP contribution in [0.5, 0.6) is 0 Å². The van der Waals surface area contributed by atoms with Crippen LogP contribution in [0.25, 0.3) is 0 Å². The Hall–Kier alpha value is -1.68. The van der Waals surface area contributed by atoms with Crippen molar-refractivity contribution in [1.82, 2.24) is 0 Å². The summed E-state index contributed by atoms with van der Waals surface area (Å²) in [4.78, 5) is 0. The Morgan fingerprint density at radius 1 is 1.00 bits per heavy atom. The molecule has 0 heterocycles. The van der Waals surface area contributed by atoms with Crippen LogP contribution in [0.2, 0.25) is 5.04 Å². The standard InChI is InChI=1S/C22H30O2Si/c1-6-21(23)18(2)17-24-25(22(3,4)5,19-13-9-7-10-14-19)20-15-11-8-12-16-20/h6-16,18,21,23H,1,17H2,2-5H3/t18-,21-/m1/s1. The Morgan fingerprint density at radius 2 is 1.44 bits per heavy atom. The van der Waals surface area contributed by atoms with Crippen LogP contribution >= 0.6 is 0 Å². The van der Waals surface area contributed by atoms with E-state index in [9.17, 15) is 5.11 Å². The minimum absolute atomic E-state index is 0.000788. The first-order valence-corrected chi connectivity index (χ1v) is 10.8. The Kier molecular flexibility index (Phi) is 6.39. The molecule has 2 aromatic rings. The van der Waals surface area contributed by atoms with Crippen LogP contribution in [0.3, 0.4) is 0 Å². The highest BCUT2D eigenvalue weighted by Gasteiger charge is 2.50. The molecule has 2 nitrogen and oxygen atoms in total. The van der Waals surface area contributed by atoms with Gasteiger partial charge in [0.2, 0.25) is 0 Å². The molecular weight excluding hydrogens is 324 g/mol. The highest BCUT2D eigenvalue weighted by atomic mass is 28.4. The predicted octanol–water partition coefficient (Wildman–Crippen LogP) is 3.75. The molecule has 3 heteroatoms. The second kappa shape index (κ2) is 8.13. The van der Waals surface area contributed by atoms with Gasteiger partial charge in [-0.1, -0.05) is 94.4 Å². The highest BCUT2D eigenvalue weighted by molar-refractivity contribution is 6.99. The summed E-state index contributed by atoms with van der Waals surface area (Å²) in [6.07, 6.45) is 1.03. The van der Waals surface area contributed by atoms with Crippen LogP contribution in [0.4, 0.5) is 0 Å². The lowest BCUT2D eigenvalue weighted by molar-refractivity contribution is 0.117. The number of hydrogen-bond donors (Lipinski definition) is 1. The van der Waals surface area contributed by atoms with E-state index < -0.39 is 14.4 Å². The van der Waals surface area contributed by atoms with Gasteiger partial charge in [0.15, 0.2) is 0 Å². The van der Waals surface area contributed by atoms with E-state index >= 15 is 0 Å². The Morgan fingerprint density at radius 3 is 1.80 bits per heavy atom. The summed E-state index contributed by atoms with van der Waals surface area (Å²) in [5, 5.41) is 12.6. The predicted molar refractivity (Wildman–Crippen MR) is 109 cm³/mol. The molecule has 25 heavy (non-hydrogen) atoms. The van der Waals surface area contributed by atoms with Crippen LogP contribution in [0, 0.1) is 5.92 Å². The Balaban J connectivity index is 2.55. The smallest absolute Gasteiger partial charge is 0.261 e. The molecule has 0 aliphatic heterocycles. The van der Waals surface area contributed by atoms with Gasteiger partial charge in [0.1, 0.15) is 0 Å². The van der Waals surface area contributed by atoms with E-state index in [1.54, 1.807) is 6.08 Å². The number of rotatable bonds is 7. The number of aliphatic hydroxyl groups excluding tert-OH is 1. The van der Waals surface area contributed by atoms with Crippen molar-refractivity contribution < 1.29 is 9.53 Å². The second-order valence-electron chi connectivity index (χ2n) is 7.68. The first kappa shape index (κ1) is 19.6. The molecule has 0 aliphatic rings. The fourth-order valence-electron chi connectivity index (χ4n) is 3.35. The van der Waals surface area contributed by atoms with E-state index in [4.69, 9.17) is 4.43 Å². The van der Waals surface area contributed by atoms with Crippen LogP contribution in [-0.4, -0.2) is 26.1 Å². The third kappa shape index (κ3) is 4.11. The van der Waals surface area contributed by atoms with Gasteiger partial charge in [0, 0.05) is 12.5 Å². The summed E-state index contributed by atoms with van der Waals surface area (Å²) in [5.74, 6) is -0.000788. The minimum atomic E-state index is -2.52. The summed E-state index contributed by atoms with van der Waals surface area (Å²) in [6, 6.07) is 21.1. The minimum Gasteiger partial charge on any atom is -0.407 e. The summed E-state index contributed by atoms with van der Waals surface area (Å²) < 4.78 is 6.78. The second-order valence-corrected chi connectivity index (χ2v) is 12.0. The zero-order chi connectivity index (χ0) is 18.5. The van der Waals surface area contributed by atoms with Crippen molar-refractivity contribution in [1.29, 1.82) is 0 Å². The van der Waals surface area contributed by atoms with Gasteiger partial charge in [0.25, 0.3) is 8.32 Å². The molecule has 0 amide bonds. The molecule has 134 valence electrons. The molecule has 2 atom stereocenters. The zero-order valence-electron chi connectivity index (χ0n) is 15.8. The molecule has 0 aromatic heterocycles. The van der Waals surface area contributed by atoms with Crippen molar-refractivity contribution in [3.63, 3.8) is 0 Å². The van der Waals surface area contributed by atoms with Gasteiger partial charge >= 0.3 is 0 Å². The average molecular weight is 355 g/mol. The van der Waals surface area contributed by atoms with Gasteiger partial charge in [-0.2, -0.15) is 0 Å². The van der Waals surface area contributed by atoms with Crippen molar-refractivity contribution in [3.8, 4) is 0 Å². The lowest BCUT2D eigenvalue weighted by atomic mass is 10.1. The van der Waals surface area contributed by atoms with Crippen molar-refractivity contribution >= 4 is 18.7 Å². The van der Waals surface area contributed by atoms with Gasteiger partial charge in [-0.05, 0) is 15.4 Å². The summed E-state index contributed by atoms with van der Waals surface area (Å²) in [6.45, 7) is 13.0. The topological polar surface area (TPSA) is 29.5 Å². The molecule has 0 bridgehead atoms. The number of hydrogen-bond acceptors (Lipinski definition) is 2. The molecule has 0 fully saturated rings. The molecule has 0 saturated heterocycles. The molecule has 0 aliphatic carbocycles. The van der Waals surface area contributed by atoms with Crippen LogP contribution in [-0.2, 0) is 4.43 Å². The molecular formula is C22H30O2Si. The van der Waals surface area contributed by atoms with Gasteiger partial charge in [-0.25, -0.2) is 0 Å². The van der Waals surface area contributed by atoms with Crippen LogP contribution in [0.15, 0.2) is 73.3 Å². The van der Waals surface area contributed by atoms with E-state index in [-0.39, 0.29) is 11.0 Å². The first-order valence-electron chi connectivity index (χ1n) is 8.88. The monoisotopic (exact) mass is 354 g/mol. The Bertz CT molecular complexity index is 622. The van der Waals surface area contributed by atoms with E-state index in [0.717, 1.165) is 0 Å². The van der Waals surface area contributed by atoms with Crippen molar-refractivity contribution in [2.24, 2.45) is 5.92 Å². The summed E-state index contributed by atoms with van der Waals surface area (Å²) in [7, 11) is -2.52. The number of benzene rings is 2. The van der Waals surface area contributed by atoms with Gasteiger partial charge in [-0.15, -0.1) is 6.58 Å². The third-order valence-corrected chi connectivity index (χ3v) is 9.81. The molecule has 0 spiro atoms. The molecule has 0 radical (unpaired) electrons. The maximum Gasteiger partial charge on any atom is 0.261 e. The molecule has 0 unspecified atom stereocenters. The fourth-order valence-corrected chi connectivity index (χ4v) is 8.02. The lowest BCUT2D eigenvalue weighted by Gasteiger charge is -2.43. The van der Waals surface area contributed by atoms with Crippen molar-refractivity contribution in [2.45, 2.75) is 38.8 Å². The molecule has 2 aromatic carbocycles. The summed E-state index contributed by atoms with van der Waals surface area (Å²) >= 11 is 0. The average Bonchev–Trinajstić information content (AvgIpc) is 2.62. The van der Waals surface area contributed by atoms with Crippen molar-refractivity contribution in [2.75, 3.05) is 6.61 Å². The Labute approximate surface area is 153 Å². The zero-order valence-corrected chi connectivity index (χ0v) is 16.8. The fraction of sp³-hybridized carbons (Fsp3) is 0.364. The molecule has 0 saturated carbocycles. The van der Waals surface area contributed by atoms with Gasteiger partial charge in [0.05, 0.1) is 6.10 Å². The quantitative estimate of drug-likeness (QED) is 0.606. The van der Waals surface area contributed by atoms with E-state index in [0.29, 0.717) is 6.61 Å². The lowest BCUT2D eigenvalue weighted by Crippen LogP contribution is -2.67. The van der Waals surface area contributed by atoms with Gasteiger partial charge in [-0.3, -0.25) is 0 Å². The SMILES string of the molecule is C=C[C@@H](O)[C@H](C)CO[Si](c1ccccc1)(c1ccccc1)C(C)(C)C. The molecule has 2 rings (SSSR count). The van der Waals surface area contributed by atoms with E-state index in [2.05, 4.69) is 75.9 Å². The summed E-state index contributed by atoms with van der Waals surface area (Å²) in [5.41, 5.74) is 0. The largest absolute Gasteiger partial charge is 0.407 e. The van der Waals surface area contributed by atoms with Crippen molar-refractivity contribution in [3.05, 3.63) is 73.3 Å². The molecule has 1 N–H and O–H groups in total. The van der Waals surface area contributed by atoms with E-state index in [1.807, 2.05) is 19.1 Å². The first-order chi connectivity index (χ1) is 11.8. The maximum absolute atomic E-state index is 10.1. The number of aliphatic hydroxyl groups is 1.